The van der Waals surface area contributed by atoms with E-state index in [9.17, 15) is 8.42 Å². The Hall–Kier alpha value is -3.40. The molecule has 1 aliphatic rings. The van der Waals surface area contributed by atoms with Gasteiger partial charge in [0, 0.05) is 28.2 Å². The molecule has 0 unspecified atom stereocenters. The van der Waals surface area contributed by atoms with E-state index in [4.69, 9.17) is 28.2 Å². The maximum absolute atomic E-state index is 11.6. The maximum Gasteiger partial charge on any atom is 0.229 e. The minimum absolute atomic E-state index is 0.262. The Bertz CT molecular complexity index is 1460. The zero-order valence-electron chi connectivity index (χ0n) is 18.6. The SMILES string of the molecule is CS(=O)(=O)Nc1ccc(N2C(=S)N[C@H](c3ccccn3)[C@H]2c2ccc(-c3ccc(Cl)cc3)o2)cc1. The number of aromatic nitrogens is 1. The highest BCUT2D eigenvalue weighted by molar-refractivity contribution is 7.92. The molecule has 178 valence electrons. The van der Waals surface area contributed by atoms with Crippen molar-refractivity contribution in [3.05, 3.63) is 102 Å². The molecule has 0 spiro atoms. The third-order valence-electron chi connectivity index (χ3n) is 5.59. The van der Waals surface area contributed by atoms with Crippen molar-refractivity contribution in [2.24, 2.45) is 0 Å². The second-order valence-corrected chi connectivity index (χ2v) is 10.7. The molecular weight excluding hydrogens is 504 g/mol. The summed E-state index contributed by atoms with van der Waals surface area (Å²) in [4.78, 5) is 6.51. The fraction of sp³-hybridized carbons (Fsp3) is 0.120. The summed E-state index contributed by atoms with van der Waals surface area (Å²) in [5.41, 5.74) is 2.98. The summed E-state index contributed by atoms with van der Waals surface area (Å²) in [5, 5.41) is 4.55. The van der Waals surface area contributed by atoms with Gasteiger partial charge in [0.2, 0.25) is 10.0 Å². The van der Waals surface area contributed by atoms with Crippen LogP contribution in [-0.4, -0.2) is 24.8 Å². The third-order valence-corrected chi connectivity index (χ3v) is 6.77. The lowest BCUT2D eigenvalue weighted by Crippen LogP contribution is -2.29. The predicted molar refractivity (Wildman–Crippen MR) is 142 cm³/mol. The van der Waals surface area contributed by atoms with Crippen LogP contribution in [0.4, 0.5) is 11.4 Å². The molecule has 2 aromatic heterocycles. The summed E-state index contributed by atoms with van der Waals surface area (Å²) in [7, 11) is -3.38. The van der Waals surface area contributed by atoms with Crippen LogP contribution >= 0.6 is 23.8 Å². The number of thiocarbonyl (C=S) groups is 1. The average Bonchev–Trinajstić information content (AvgIpc) is 3.44. The molecule has 1 fully saturated rings. The van der Waals surface area contributed by atoms with Gasteiger partial charge in [-0.2, -0.15) is 0 Å². The van der Waals surface area contributed by atoms with Crippen LogP contribution in [0.15, 0.2) is 89.5 Å². The van der Waals surface area contributed by atoms with Gasteiger partial charge < -0.3 is 14.6 Å². The van der Waals surface area contributed by atoms with Gasteiger partial charge in [-0.25, -0.2) is 8.42 Å². The van der Waals surface area contributed by atoms with Gasteiger partial charge in [-0.05, 0) is 85.0 Å². The van der Waals surface area contributed by atoms with Crippen LogP contribution in [0.2, 0.25) is 5.02 Å². The van der Waals surface area contributed by atoms with Crippen LogP contribution in [0.3, 0.4) is 0 Å². The van der Waals surface area contributed by atoms with Gasteiger partial charge in [0.1, 0.15) is 17.6 Å². The second-order valence-electron chi connectivity index (χ2n) is 8.13. The minimum atomic E-state index is -3.38. The highest BCUT2D eigenvalue weighted by Crippen LogP contribution is 2.43. The number of nitrogens with one attached hydrogen (secondary N) is 2. The number of sulfonamides is 1. The molecule has 2 N–H and O–H groups in total. The molecule has 0 saturated carbocycles. The highest BCUT2D eigenvalue weighted by Gasteiger charge is 2.42. The van der Waals surface area contributed by atoms with E-state index in [1.165, 1.54) is 0 Å². The van der Waals surface area contributed by atoms with E-state index in [-0.39, 0.29) is 12.1 Å². The number of rotatable bonds is 6. The van der Waals surface area contributed by atoms with Crippen LogP contribution < -0.4 is 14.9 Å². The largest absolute Gasteiger partial charge is 0.459 e. The molecule has 0 bridgehead atoms. The molecule has 2 atom stereocenters. The lowest BCUT2D eigenvalue weighted by Gasteiger charge is -2.26. The molecule has 4 aromatic rings. The normalized spacial score (nSPS) is 17.9. The van der Waals surface area contributed by atoms with Crippen molar-refractivity contribution in [3.8, 4) is 11.3 Å². The first kappa shape index (κ1) is 23.3. The summed E-state index contributed by atoms with van der Waals surface area (Å²) in [6.45, 7) is 0. The van der Waals surface area contributed by atoms with E-state index in [2.05, 4.69) is 15.0 Å². The summed E-state index contributed by atoms with van der Waals surface area (Å²) < 4.78 is 32.0. The van der Waals surface area contributed by atoms with Crippen LogP contribution in [0.25, 0.3) is 11.3 Å². The molecule has 2 aromatic carbocycles. The smallest absolute Gasteiger partial charge is 0.229 e. The maximum atomic E-state index is 11.6. The van der Waals surface area contributed by atoms with Crippen molar-refractivity contribution in [1.82, 2.24) is 10.3 Å². The van der Waals surface area contributed by atoms with Crippen LogP contribution in [0.1, 0.15) is 23.5 Å². The van der Waals surface area contributed by atoms with Gasteiger partial charge in [-0.15, -0.1) is 0 Å². The molecule has 7 nitrogen and oxygen atoms in total. The summed E-state index contributed by atoms with van der Waals surface area (Å²) >= 11 is 11.8. The first-order chi connectivity index (χ1) is 16.8. The molecule has 0 aliphatic carbocycles. The van der Waals surface area contributed by atoms with Crippen LogP contribution in [0.5, 0.6) is 0 Å². The van der Waals surface area contributed by atoms with Gasteiger partial charge in [-0.1, -0.05) is 17.7 Å². The molecule has 0 radical (unpaired) electrons. The average molecular weight is 525 g/mol. The van der Waals surface area contributed by atoms with Crippen molar-refractivity contribution in [3.63, 3.8) is 0 Å². The predicted octanol–water partition coefficient (Wildman–Crippen LogP) is 5.54. The summed E-state index contributed by atoms with van der Waals surface area (Å²) in [6, 6.07) is 23.5. The number of benzene rings is 2. The van der Waals surface area contributed by atoms with Crippen molar-refractivity contribution < 1.29 is 12.8 Å². The Morgan fingerprint density at radius 2 is 1.77 bits per heavy atom. The number of furan rings is 1. The topological polar surface area (TPSA) is 87.5 Å². The third kappa shape index (κ3) is 5.02. The number of nitrogens with zero attached hydrogens (tertiary/aromatic N) is 2. The molecule has 3 heterocycles. The Labute approximate surface area is 213 Å². The summed E-state index contributed by atoms with van der Waals surface area (Å²) in [5.74, 6) is 1.41. The van der Waals surface area contributed by atoms with E-state index in [1.807, 2.05) is 71.6 Å². The first-order valence-corrected chi connectivity index (χ1v) is 13.4. The fourth-order valence-electron chi connectivity index (χ4n) is 4.11. The standard InChI is InChI=1S/C25H21ClN4O3S2/c1-35(31,32)29-18-9-11-19(12-10-18)30-24(23(28-25(30)34)20-4-2-3-15-27-20)22-14-13-21(33-22)16-5-7-17(26)8-6-16/h2-15,23-24,29H,1H3,(H,28,34)/t23-,24-/m1/s1. The lowest BCUT2D eigenvalue weighted by molar-refractivity contribution is 0.439. The lowest BCUT2D eigenvalue weighted by atomic mass is 10.0. The number of anilines is 2. The number of pyridine rings is 1. The molecule has 10 heteroatoms. The zero-order chi connectivity index (χ0) is 24.6. The number of hydrogen-bond acceptors (Lipinski definition) is 5. The van der Waals surface area contributed by atoms with E-state index in [0.29, 0.717) is 27.3 Å². The van der Waals surface area contributed by atoms with E-state index < -0.39 is 10.0 Å². The molecule has 5 rings (SSSR count). The molecule has 0 amide bonds. The summed E-state index contributed by atoms with van der Waals surface area (Å²) in [6.07, 6.45) is 2.86. The molecule has 1 saturated heterocycles. The fourth-order valence-corrected chi connectivity index (χ4v) is 5.14. The quantitative estimate of drug-likeness (QED) is 0.320. The van der Waals surface area contributed by atoms with Gasteiger partial charge in [0.25, 0.3) is 0 Å². The van der Waals surface area contributed by atoms with Crippen molar-refractivity contribution >= 4 is 50.3 Å². The van der Waals surface area contributed by atoms with Gasteiger partial charge in [-0.3, -0.25) is 9.71 Å². The Balaban J connectivity index is 1.54. The molecule has 35 heavy (non-hydrogen) atoms. The van der Waals surface area contributed by atoms with E-state index in [1.54, 1.807) is 18.3 Å². The Kier molecular flexibility index (Phi) is 6.22. The first-order valence-electron chi connectivity index (χ1n) is 10.7. The van der Waals surface area contributed by atoms with Crippen molar-refractivity contribution in [2.75, 3.05) is 15.9 Å². The minimum Gasteiger partial charge on any atom is -0.459 e. The second kappa shape index (κ2) is 9.33. The van der Waals surface area contributed by atoms with Gasteiger partial charge in [0.05, 0.1) is 18.0 Å². The Morgan fingerprint density at radius 3 is 2.43 bits per heavy atom. The van der Waals surface area contributed by atoms with E-state index in [0.717, 1.165) is 23.2 Å². The zero-order valence-corrected chi connectivity index (χ0v) is 20.9. The number of halogens is 1. The van der Waals surface area contributed by atoms with Crippen LogP contribution in [0, 0.1) is 0 Å². The highest BCUT2D eigenvalue weighted by atomic mass is 35.5. The van der Waals surface area contributed by atoms with Crippen LogP contribution in [-0.2, 0) is 10.0 Å². The monoisotopic (exact) mass is 524 g/mol. The molecular formula is C25H21ClN4O3S2. The van der Waals surface area contributed by atoms with E-state index >= 15 is 0 Å². The van der Waals surface area contributed by atoms with Gasteiger partial charge in [0.15, 0.2) is 5.11 Å². The number of hydrogen-bond donors (Lipinski definition) is 2. The van der Waals surface area contributed by atoms with Crippen molar-refractivity contribution in [1.29, 1.82) is 0 Å². The Morgan fingerprint density at radius 1 is 1.03 bits per heavy atom. The molecule has 1 aliphatic heterocycles. The van der Waals surface area contributed by atoms with Crippen molar-refractivity contribution in [2.45, 2.75) is 12.1 Å². The van der Waals surface area contributed by atoms with Gasteiger partial charge >= 0.3 is 0 Å².